The molecule has 1 amide bonds. The number of aryl methyl sites for hydroxylation is 2. The first-order valence-corrected chi connectivity index (χ1v) is 11.5. The highest BCUT2D eigenvalue weighted by molar-refractivity contribution is 7.89. The fourth-order valence-electron chi connectivity index (χ4n) is 3.23. The van der Waals surface area contributed by atoms with Crippen molar-refractivity contribution in [2.75, 3.05) is 38.2 Å². The molecule has 0 aromatic heterocycles. The van der Waals surface area contributed by atoms with Crippen LogP contribution in [0.15, 0.2) is 41.3 Å². The number of amides is 1. The summed E-state index contributed by atoms with van der Waals surface area (Å²) in [4.78, 5) is 25.1. The number of nitrogens with zero attached hydrogens (tertiary/aromatic N) is 1. The van der Waals surface area contributed by atoms with Crippen LogP contribution >= 0.6 is 0 Å². The largest absolute Gasteiger partial charge is 0.462 e. The molecular weight excluding hydrogens is 420 g/mol. The zero-order valence-electron chi connectivity index (χ0n) is 17.8. The van der Waals surface area contributed by atoms with Crippen LogP contribution in [-0.4, -0.2) is 57.5 Å². The number of carbonyl (C=O) groups excluding carboxylic acids is 2. The number of morpholine rings is 1. The predicted molar refractivity (Wildman–Crippen MR) is 116 cm³/mol. The second-order valence-corrected chi connectivity index (χ2v) is 9.14. The molecule has 1 fully saturated rings. The van der Waals surface area contributed by atoms with Crippen molar-refractivity contribution in [3.05, 3.63) is 58.7 Å². The lowest BCUT2D eigenvalue weighted by atomic mass is 10.1. The number of esters is 1. The van der Waals surface area contributed by atoms with Gasteiger partial charge in [-0.05, 0) is 56.2 Å². The number of anilines is 1. The summed E-state index contributed by atoms with van der Waals surface area (Å²) in [5.74, 6) is -0.937. The number of hydrogen-bond donors (Lipinski definition) is 1. The minimum atomic E-state index is -3.73. The van der Waals surface area contributed by atoms with Gasteiger partial charge in [-0.25, -0.2) is 13.2 Å². The Morgan fingerprint density at radius 1 is 1.06 bits per heavy atom. The van der Waals surface area contributed by atoms with Crippen LogP contribution in [-0.2, 0) is 19.5 Å². The molecule has 0 atom stereocenters. The van der Waals surface area contributed by atoms with Gasteiger partial charge in [-0.15, -0.1) is 0 Å². The Morgan fingerprint density at radius 3 is 2.42 bits per heavy atom. The van der Waals surface area contributed by atoms with E-state index in [0.29, 0.717) is 30.0 Å². The molecule has 0 bridgehead atoms. The maximum Gasteiger partial charge on any atom is 0.338 e. The summed E-state index contributed by atoms with van der Waals surface area (Å²) in [6, 6.07) is 9.40. The van der Waals surface area contributed by atoms with E-state index in [9.17, 15) is 18.0 Å². The highest BCUT2D eigenvalue weighted by atomic mass is 32.2. The molecule has 31 heavy (non-hydrogen) atoms. The molecule has 8 nitrogen and oxygen atoms in total. The third kappa shape index (κ3) is 5.12. The second kappa shape index (κ2) is 9.59. The summed E-state index contributed by atoms with van der Waals surface area (Å²) in [7, 11) is -3.73. The van der Waals surface area contributed by atoms with E-state index in [1.54, 1.807) is 45.0 Å². The molecule has 0 aliphatic carbocycles. The van der Waals surface area contributed by atoms with Gasteiger partial charge in [0, 0.05) is 24.3 Å². The van der Waals surface area contributed by atoms with Crippen molar-refractivity contribution in [3.8, 4) is 0 Å². The van der Waals surface area contributed by atoms with Crippen molar-refractivity contribution >= 4 is 27.6 Å². The van der Waals surface area contributed by atoms with E-state index < -0.39 is 21.9 Å². The average molecular weight is 447 g/mol. The van der Waals surface area contributed by atoms with E-state index in [1.165, 1.54) is 16.4 Å². The highest BCUT2D eigenvalue weighted by Crippen LogP contribution is 2.23. The van der Waals surface area contributed by atoms with Crippen molar-refractivity contribution in [2.24, 2.45) is 0 Å². The minimum absolute atomic E-state index is 0.0575. The van der Waals surface area contributed by atoms with E-state index in [0.717, 1.165) is 5.56 Å². The first-order valence-electron chi connectivity index (χ1n) is 10.0. The van der Waals surface area contributed by atoms with Gasteiger partial charge >= 0.3 is 5.97 Å². The van der Waals surface area contributed by atoms with Gasteiger partial charge in [0.15, 0.2) is 0 Å². The van der Waals surface area contributed by atoms with Gasteiger partial charge in [0.2, 0.25) is 10.0 Å². The normalized spacial score (nSPS) is 14.8. The van der Waals surface area contributed by atoms with Crippen molar-refractivity contribution in [2.45, 2.75) is 25.7 Å². The smallest absolute Gasteiger partial charge is 0.338 e. The zero-order valence-corrected chi connectivity index (χ0v) is 18.6. The Morgan fingerprint density at radius 2 is 1.74 bits per heavy atom. The summed E-state index contributed by atoms with van der Waals surface area (Å²) < 4.78 is 37.5. The van der Waals surface area contributed by atoms with Crippen LogP contribution in [0.3, 0.4) is 0 Å². The standard InChI is InChI=1S/C22H26N2O6S/c1-4-30-22(26)17-7-5-16(3)20(13-17)23-21(25)19-14-18(8-6-15(19)2)31(27,28)24-9-11-29-12-10-24/h5-8,13-14H,4,9-12H2,1-3H3,(H,23,25). The molecule has 2 aromatic carbocycles. The highest BCUT2D eigenvalue weighted by Gasteiger charge is 2.27. The molecule has 0 saturated carbocycles. The lowest BCUT2D eigenvalue weighted by Gasteiger charge is -2.26. The van der Waals surface area contributed by atoms with Gasteiger partial charge in [0.1, 0.15) is 0 Å². The third-order valence-electron chi connectivity index (χ3n) is 5.06. The third-order valence-corrected chi connectivity index (χ3v) is 6.95. The van der Waals surface area contributed by atoms with Crippen LogP contribution in [0.5, 0.6) is 0 Å². The molecule has 2 aromatic rings. The quantitative estimate of drug-likeness (QED) is 0.685. The van der Waals surface area contributed by atoms with Crippen molar-refractivity contribution in [3.63, 3.8) is 0 Å². The molecule has 0 spiro atoms. The maximum atomic E-state index is 13.0. The van der Waals surface area contributed by atoms with E-state index >= 15 is 0 Å². The Bertz CT molecular complexity index is 1090. The van der Waals surface area contributed by atoms with Crippen molar-refractivity contribution in [1.82, 2.24) is 4.31 Å². The molecular formula is C22H26N2O6S. The maximum absolute atomic E-state index is 13.0. The first kappa shape index (κ1) is 22.9. The molecule has 1 heterocycles. The summed E-state index contributed by atoms with van der Waals surface area (Å²) in [6.45, 7) is 6.74. The fourth-order valence-corrected chi connectivity index (χ4v) is 4.66. The molecule has 166 valence electrons. The lowest BCUT2D eigenvalue weighted by Crippen LogP contribution is -2.40. The number of nitrogens with one attached hydrogen (secondary N) is 1. The number of sulfonamides is 1. The van der Waals surface area contributed by atoms with Crippen LogP contribution in [0.25, 0.3) is 0 Å². The monoisotopic (exact) mass is 446 g/mol. The summed E-state index contributed by atoms with van der Waals surface area (Å²) >= 11 is 0. The van der Waals surface area contributed by atoms with Crippen LogP contribution in [0.2, 0.25) is 0 Å². The second-order valence-electron chi connectivity index (χ2n) is 7.20. The fraction of sp³-hybridized carbons (Fsp3) is 0.364. The summed E-state index contributed by atoms with van der Waals surface area (Å²) in [6.07, 6.45) is 0. The van der Waals surface area contributed by atoms with Crippen LogP contribution in [0, 0.1) is 13.8 Å². The SMILES string of the molecule is CCOC(=O)c1ccc(C)c(NC(=O)c2cc(S(=O)(=O)N3CCOCC3)ccc2C)c1. The van der Waals surface area contributed by atoms with Gasteiger partial charge < -0.3 is 14.8 Å². The van der Waals surface area contributed by atoms with E-state index in [1.807, 2.05) is 0 Å². The Balaban J connectivity index is 1.88. The number of hydrogen-bond acceptors (Lipinski definition) is 6. The van der Waals surface area contributed by atoms with Gasteiger partial charge in [0.05, 0.1) is 30.3 Å². The minimum Gasteiger partial charge on any atom is -0.462 e. The van der Waals surface area contributed by atoms with Crippen LogP contribution in [0.4, 0.5) is 5.69 Å². The molecule has 1 saturated heterocycles. The number of ether oxygens (including phenoxy) is 2. The molecule has 1 aliphatic rings. The number of rotatable bonds is 6. The topological polar surface area (TPSA) is 102 Å². The lowest BCUT2D eigenvalue weighted by molar-refractivity contribution is 0.0526. The molecule has 1 N–H and O–H groups in total. The van der Waals surface area contributed by atoms with Crippen LogP contribution < -0.4 is 5.32 Å². The van der Waals surface area contributed by atoms with Crippen molar-refractivity contribution in [1.29, 1.82) is 0 Å². The number of carbonyl (C=O) groups is 2. The number of benzene rings is 2. The average Bonchev–Trinajstić information content (AvgIpc) is 2.76. The molecule has 3 rings (SSSR count). The molecule has 0 radical (unpaired) electrons. The predicted octanol–water partition coefficient (Wildman–Crippen LogP) is 2.75. The van der Waals surface area contributed by atoms with Gasteiger partial charge in [-0.2, -0.15) is 4.31 Å². The summed E-state index contributed by atoms with van der Waals surface area (Å²) in [5.41, 5.74) is 2.42. The van der Waals surface area contributed by atoms with Gasteiger partial charge in [-0.1, -0.05) is 12.1 Å². The van der Waals surface area contributed by atoms with Gasteiger partial charge in [-0.3, -0.25) is 4.79 Å². The van der Waals surface area contributed by atoms with Gasteiger partial charge in [0.25, 0.3) is 5.91 Å². The van der Waals surface area contributed by atoms with Crippen molar-refractivity contribution < 1.29 is 27.5 Å². The molecule has 1 aliphatic heterocycles. The zero-order chi connectivity index (χ0) is 22.6. The van der Waals surface area contributed by atoms with E-state index in [2.05, 4.69) is 5.32 Å². The molecule has 9 heteroatoms. The Kier molecular flexibility index (Phi) is 7.09. The van der Waals surface area contributed by atoms with E-state index in [-0.39, 0.29) is 30.2 Å². The Labute approximate surface area is 182 Å². The Hall–Kier alpha value is -2.75. The summed E-state index contributed by atoms with van der Waals surface area (Å²) in [5, 5.41) is 2.79. The van der Waals surface area contributed by atoms with E-state index in [4.69, 9.17) is 9.47 Å². The first-order chi connectivity index (χ1) is 14.7. The van der Waals surface area contributed by atoms with Crippen LogP contribution in [0.1, 0.15) is 38.8 Å². The molecule has 0 unspecified atom stereocenters.